The molecule has 35 heavy (non-hydrogen) atoms. The molecule has 3 nitrogen and oxygen atoms in total. The largest absolute Gasteiger partial charge is 0.393 e. The number of hydrogen-bond donors (Lipinski definition) is 2. The number of carbonyl (C=O) groups is 1. The topological polar surface area (TPSA) is 49.3 Å². The molecule has 3 aromatic rings. The third-order valence-electron chi connectivity index (χ3n) is 7.07. The van der Waals surface area contributed by atoms with Crippen LogP contribution in [0.1, 0.15) is 103 Å². The Morgan fingerprint density at radius 1 is 0.686 bits per heavy atom. The first-order chi connectivity index (χ1) is 17.2. The monoisotopic (exact) mass is 475 g/mol. The Bertz CT molecular complexity index is 1030. The van der Waals surface area contributed by atoms with E-state index in [0.717, 1.165) is 43.2 Å². The number of aliphatic hydroxyl groups is 1. The van der Waals surface area contributed by atoms with Crippen molar-refractivity contribution in [3.8, 4) is 0 Å². The average Bonchev–Trinajstić information content (AvgIpc) is 2.86. The summed E-state index contributed by atoms with van der Waals surface area (Å²) in [5.41, 5.74) is 0.879. The minimum absolute atomic E-state index is 0.0903. The smallest absolute Gasteiger partial charge is 0.224 e. The maximum atomic E-state index is 12.4. The highest BCUT2D eigenvalue weighted by molar-refractivity contribution is 6.00. The molecule has 0 bridgehead atoms. The molecule has 0 saturated carbocycles. The molecule has 0 aliphatic rings. The summed E-state index contributed by atoms with van der Waals surface area (Å²) in [6.07, 6.45) is 16.9. The second kappa shape index (κ2) is 15.6. The minimum Gasteiger partial charge on any atom is -0.393 e. The predicted octanol–water partition coefficient (Wildman–Crippen LogP) is 9.16. The first kappa shape index (κ1) is 27.2. The molecule has 1 atom stereocenters. The van der Waals surface area contributed by atoms with Crippen molar-refractivity contribution in [2.75, 3.05) is 5.32 Å². The summed E-state index contributed by atoms with van der Waals surface area (Å²) in [5, 5.41) is 17.9. The number of nitrogens with one attached hydrogen (secondary N) is 1. The summed E-state index contributed by atoms with van der Waals surface area (Å²) >= 11 is 0. The van der Waals surface area contributed by atoms with Crippen LogP contribution in [0.2, 0.25) is 0 Å². The van der Waals surface area contributed by atoms with E-state index >= 15 is 0 Å². The molecule has 0 radical (unpaired) electrons. The summed E-state index contributed by atoms with van der Waals surface area (Å²) in [7, 11) is 0. The first-order valence-corrected chi connectivity index (χ1v) is 14.1. The Labute approximate surface area is 212 Å². The molecule has 3 rings (SSSR count). The average molecular weight is 476 g/mol. The Hall–Kier alpha value is -2.39. The fourth-order valence-corrected chi connectivity index (χ4v) is 4.92. The molecular weight excluding hydrogens is 430 g/mol. The summed E-state index contributed by atoms with van der Waals surface area (Å²) in [5.74, 6) is 0.110. The minimum atomic E-state index is -0.0903. The van der Waals surface area contributed by atoms with Gasteiger partial charge in [-0.05, 0) is 65.1 Å². The zero-order chi connectivity index (χ0) is 24.7. The highest BCUT2D eigenvalue weighted by Crippen LogP contribution is 2.25. The molecular formula is C32H45NO2. The lowest BCUT2D eigenvalue weighted by atomic mass is 10.0. The zero-order valence-corrected chi connectivity index (χ0v) is 21.7. The van der Waals surface area contributed by atoms with Gasteiger partial charge in [-0.3, -0.25) is 4.79 Å². The van der Waals surface area contributed by atoms with Crippen molar-refractivity contribution in [1.29, 1.82) is 0 Å². The normalized spacial score (nSPS) is 12.3. The van der Waals surface area contributed by atoms with Crippen molar-refractivity contribution < 1.29 is 9.90 Å². The number of fused-ring (bicyclic) bond motifs is 2. The number of amides is 1. The van der Waals surface area contributed by atoms with Crippen LogP contribution in [0, 0.1) is 0 Å². The lowest BCUT2D eigenvalue weighted by molar-refractivity contribution is -0.116. The summed E-state index contributed by atoms with van der Waals surface area (Å²) < 4.78 is 0. The van der Waals surface area contributed by atoms with Gasteiger partial charge in [0.2, 0.25) is 5.91 Å². The third kappa shape index (κ3) is 10.0. The van der Waals surface area contributed by atoms with E-state index in [0.29, 0.717) is 6.42 Å². The van der Waals surface area contributed by atoms with Crippen molar-refractivity contribution in [2.45, 2.75) is 109 Å². The van der Waals surface area contributed by atoms with E-state index in [1.165, 1.54) is 73.9 Å². The van der Waals surface area contributed by atoms with Gasteiger partial charge in [-0.1, -0.05) is 108 Å². The molecule has 0 aromatic heterocycles. The van der Waals surface area contributed by atoms with Crippen molar-refractivity contribution in [3.05, 3.63) is 54.6 Å². The molecule has 3 aromatic carbocycles. The van der Waals surface area contributed by atoms with E-state index in [1.54, 1.807) is 0 Å². The van der Waals surface area contributed by atoms with E-state index in [4.69, 9.17) is 0 Å². The Morgan fingerprint density at radius 2 is 1.23 bits per heavy atom. The van der Waals surface area contributed by atoms with Gasteiger partial charge in [0.1, 0.15) is 0 Å². The number of benzene rings is 3. The zero-order valence-electron chi connectivity index (χ0n) is 21.7. The molecule has 2 N–H and O–H groups in total. The third-order valence-corrected chi connectivity index (χ3v) is 7.07. The lowest BCUT2D eigenvalue weighted by Gasteiger charge is -2.10. The van der Waals surface area contributed by atoms with Crippen molar-refractivity contribution in [3.63, 3.8) is 0 Å². The summed E-state index contributed by atoms with van der Waals surface area (Å²) in [4.78, 5) is 12.4. The predicted molar refractivity (Wildman–Crippen MR) is 151 cm³/mol. The van der Waals surface area contributed by atoms with Crippen LogP contribution in [0.15, 0.2) is 54.6 Å². The second-order valence-corrected chi connectivity index (χ2v) is 10.2. The lowest BCUT2D eigenvalue weighted by Crippen LogP contribution is -2.10. The van der Waals surface area contributed by atoms with Crippen LogP contribution >= 0.6 is 0 Å². The van der Waals surface area contributed by atoms with Gasteiger partial charge in [0, 0.05) is 12.1 Å². The maximum absolute atomic E-state index is 12.4. The SMILES string of the molecule is CCCCCCC(O)CCCCCCCCCCC(=O)Nc1ccc2cc3ccccc3cc2c1. The van der Waals surface area contributed by atoms with Gasteiger partial charge in [-0.25, -0.2) is 0 Å². The van der Waals surface area contributed by atoms with Crippen LogP contribution in [0.3, 0.4) is 0 Å². The van der Waals surface area contributed by atoms with Gasteiger partial charge in [-0.2, -0.15) is 0 Å². The van der Waals surface area contributed by atoms with E-state index in [2.05, 4.69) is 60.8 Å². The van der Waals surface area contributed by atoms with E-state index in [9.17, 15) is 9.90 Å². The molecule has 1 amide bonds. The van der Waals surface area contributed by atoms with Crippen LogP contribution in [-0.2, 0) is 4.79 Å². The molecule has 190 valence electrons. The molecule has 1 unspecified atom stereocenters. The molecule has 0 fully saturated rings. The number of unbranched alkanes of at least 4 members (excludes halogenated alkanes) is 10. The number of carbonyl (C=O) groups excluding carboxylic acids is 1. The Balaban J connectivity index is 1.22. The van der Waals surface area contributed by atoms with E-state index in [1.807, 2.05) is 6.07 Å². The molecule has 0 aliphatic carbocycles. The molecule has 0 spiro atoms. The van der Waals surface area contributed by atoms with Gasteiger partial charge in [0.15, 0.2) is 0 Å². The number of hydrogen-bond acceptors (Lipinski definition) is 2. The fourth-order valence-electron chi connectivity index (χ4n) is 4.92. The van der Waals surface area contributed by atoms with Crippen molar-refractivity contribution in [1.82, 2.24) is 0 Å². The van der Waals surface area contributed by atoms with Gasteiger partial charge in [-0.15, -0.1) is 0 Å². The van der Waals surface area contributed by atoms with Crippen LogP contribution in [0.5, 0.6) is 0 Å². The van der Waals surface area contributed by atoms with Crippen molar-refractivity contribution >= 4 is 33.1 Å². The van der Waals surface area contributed by atoms with Crippen molar-refractivity contribution in [2.24, 2.45) is 0 Å². The number of rotatable bonds is 17. The quantitative estimate of drug-likeness (QED) is 0.151. The van der Waals surface area contributed by atoms with Gasteiger partial charge in [0.25, 0.3) is 0 Å². The standard InChI is InChI=1S/C32H45NO2/c1-2-3-4-11-18-31(34)19-12-9-7-5-6-8-10-13-20-32(35)33-30-22-21-28-23-26-16-14-15-17-27(26)24-29(28)25-30/h14-17,21-25,31,34H,2-13,18-20H2,1H3,(H,33,35). The Kier molecular flexibility index (Phi) is 12.1. The highest BCUT2D eigenvalue weighted by Gasteiger charge is 2.05. The van der Waals surface area contributed by atoms with Gasteiger partial charge >= 0.3 is 0 Å². The summed E-state index contributed by atoms with van der Waals surface area (Å²) in [6, 6.07) is 18.9. The number of anilines is 1. The van der Waals surface area contributed by atoms with Gasteiger partial charge < -0.3 is 10.4 Å². The van der Waals surface area contributed by atoms with Crippen LogP contribution in [-0.4, -0.2) is 17.1 Å². The molecule has 0 heterocycles. The van der Waals surface area contributed by atoms with Crippen LogP contribution in [0.4, 0.5) is 5.69 Å². The van der Waals surface area contributed by atoms with E-state index < -0.39 is 0 Å². The van der Waals surface area contributed by atoms with Crippen LogP contribution in [0.25, 0.3) is 21.5 Å². The maximum Gasteiger partial charge on any atom is 0.224 e. The first-order valence-electron chi connectivity index (χ1n) is 14.1. The van der Waals surface area contributed by atoms with Gasteiger partial charge in [0.05, 0.1) is 6.10 Å². The fraction of sp³-hybridized carbons (Fsp3) is 0.531. The number of aliphatic hydroxyl groups excluding tert-OH is 1. The Morgan fingerprint density at radius 3 is 1.89 bits per heavy atom. The molecule has 0 aliphatic heterocycles. The van der Waals surface area contributed by atoms with Crippen LogP contribution < -0.4 is 5.32 Å². The second-order valence-electron chi connectivity index (χ2n) is 10.2. The molecule has 0 saturated heterocycles. The highest BCUT2D eigenvalue weighted by atomic mass is 16.3. The molecule has 3 heteroatoms. The summed E-state index contributed by atoms with van der Waals surface area (Å²) in [6.45, 7) is 2.22. The van der Waals surface area contributed by atoms with E-state index in [-0.39, 0.29) is 12.0 Å².